The summed E-state index contributed by atoms with van der Waals surface area (Å²) < 4.78 is 10.7. The van der Waals surface area contributed by atoms with Crippen LogP contribution in [-0.2, 0) is 15.9 Å². The molecule has 1 aliphatic heterocycles. The molecule has 1 saturated heterocycles. The predicted molar refractivity (Wildman–Crippen MR) is 63.8 cm³/mol. The number of aliphatic hydroxyl groups excluding tert-OH is 1. The Hall–Kier alpha value is -0.900. The maximum Gasteiger partial charge on any atom is 0.160 e. The Morgan fingerprint density at radius 1 is 1.18 bits per heavy atom. The van der Waals surface area contributed by atoms with E-state index in [0.29, 0.717) is 25.6 Å². The molecular formula is C14H18O3. The molecule has 0 radical (unpaired) electrons. The normalized spacial score (nSPS) is 25.4. The molecular weight excluding hydrogens is 216 g/mol. The van der Waals surface area contributed by atoms with Crippen molar-refractivity contribution in [3.63, 3.8) is 0 Å². The highest BCUT2D eigenvalue weighted by Gasteiger charge is 2.29. The molecule has 3 rings (SSSR count). The van der Waals surface area contributed by atoms with E-state index in [4.69, 9.17) is 9.47 Å². The van der Waals surface area contributed by atoms with E-state index in [1.165, 1.54) is 11.1 Å². The van der Waals surface area contributed by atoms with Gasteiger partial charge in [-0.05, 0) is 29.9 Å². The molecule has 1 N–H and O–H groups in total. The van der Waals surface area contributed by atoms with Crippen molar-refractivity contribution in [2.24, 2.45) is 0 Å². The van der Waals surface area contributed by atoms with Crippen LogP contribution < -0.4 is 0 Å². The summed E-state index contributed by atoms with van der Waals surface area (Å²) >= 11 is 0. The molecule has 1 aromatic rings. The van der Waals surface area contributed by atoms with E-state index >= 15 is 0 Å². The number of hydrogen-bond donors (Lipinski definition) is 1. The minimum Gasteiger partial charge on any atom is -0.393 e. The molecule has 2 atom stereocenters. The van der Waals surface area contributed by atoms with Crippen LogP contribution in [0, 0.1) is 0 Å². The second-order valence-corrected chi connectivity index (χ2v) is 4.90. The van der Waals surface area contributed by atoms with E-state index in [9.17, 15) is 5.11 Å². The van der Waals surface area contributed by atoms with Crippen LogP contribution in [0.2, 0.25) is 0 Å². The van der Waals surface area contributed by atoms with Crippen molar-refractivity contribution < 1.29 is 14.6 Å². The van der Waals surface area contributed by atoms with Crippen molar-refractivity contribution in [1.29, 1.82) is 0 Å². The molecule has 3 nitrogen and oxygen atoms in total. The van der Waals surface area contributed by atoms with Gasteiger partial charge in [0.1, 0.15) is 0 Å². The zero-order chi connectivity index (χ0) is 11.7. The number of benzene rings is 1. The summed E-state index contributed by atoms with van der Waals surface area (Å²) in [6.45, 7) is 1.31. The Bertz CT molecular complexity index is 385. The van der Waals surface area contributed by atoms with Crippen molar-refractivity contribution in [3.05, 3.63) is 35.4 Å². The van der Waals surface area contributed by atoms with Crippen molar-refractivity contribution in [3.8, 4) is 0 Å². The van der Waals surface area contributed by atoms with Gasteiger partial charge in [0.2, 0.25) is 0 Å². The topological polar surface area (TPSA) is 38.7 Å². The van der Waals surface area contributed by atoms with Crippen LogP contribution in [0.1, 0.15) is 29.9 Å². The van der Waals surface area contributed by atoms with Gasteiger partial charge in [0.05, 0.1) is 19.3 Å². The van der Waals surface area contributed by atoms with Gasteiger partial charge >= 0.3 is 0 Å². The van der Waals surface area contributed by atoms with Crippen molar-refractivity contribution in [1.82, 2.24) is 0 Å². The highest BCUT2D eigenvalue weighted by molar-refractivity contribution is 5.39. The van der Waals surface area contributed by atoms with Crippen LogP contribution in [0.5, 0.6) is 0 Å². The predicted octanol–water partition coefficient (Wildman–Crippen LogP) is 1.84. The van der Waals surface area contributed by atoms with Crippen LogP contribution >= 0.6 is 0 Å². The first-order valence-corrected chi connectivity index (χ1v) is 6.32. The van der Waals surface area contributed by atoms with E-state index < -0.39 is 0 Å². The largest absolute Gasteiger partial charge is 0.393 e. The quantitative estimate of drug-likeness (QED) is 0.864. The molecule has 1 aromatic carbocycles. The van der Waals surface area contributed by atoms with Crippen molar-refractivity contribution in [2.75, 3.05) is 13.2 Å². The highest BCUT2D eigenvalue weighted by atomic mass is 16.7. The molecule has 1 fully saturated rings. The fourth-order valence-electron chi connectivity index (χ4n) is 2.76. The molecule has 1 heterocycles. The van der Waals surface area contributed by atoms with E-state index in [1.54, 1.807) is 0 Å². The number of ether oxygens (including phenoxy) is 2. The Kier molecular flexibility index (Phi) is 3.14. The second kappa shape index (κ2) is 4.77. The lowest BCUT2D eigenvalue weighted by atomic mass is 9.74. The summed E-state index contributed by atoms with van der Waals surface area (Å²) in [6, 6.07) is 8.48. The maximum atomic E-state index is 10.0. The van der Waals surface area contributed by atoms with Crippen LogP contribution in [0.15, 0.2) is 24.3 Å². The minimum absolute atomic E-state index is 0.194. The fraction of sp³-hybridized carbons (Fsp3) is 0.571. The van der Waals surface area contributed by atoms with Gasteiger partial charge in [-0.3, -0.25) is 0 Å². The van der Waals surface area contributed by atoms with Crippen molar-refractivity contribution >= 4 is 0 Å². The van der Waals surface area contributed by atoms with Crippen LogP contribution in [0.25, 0.3) is 0 Å². The lowest BCUT2D eigenvalue weighted by molar-refractivity contribution is -0.0721. The second-order valence-electron chi connectivity index (χ2n) is 4.90. The third-order valence-electron chi connectivity index (χ3n) is 3.67. The molecule has 2 unspecified atom stereocenters. The molecule has 3 heteroatoms. The molecule has 0 amide bonds. The number of fused-ring (bicyclic) bond motifs is 1. The van der Waals surface area contributed by atoms with Crippen molar-refractivity contribution in [2.45, 2.75) is 37.6 Å². The minimum atomic E-state index is -0.323. The van der Waals surface area contributed by atoms with Gasteiger partial charge in [0.25, 0.3) is 0 Å². The van der Waals surface area contributed by atoms with Crippen LogP contribution in [-0.4, -0.2) is 30.7 Å². The Morgan fingerprint density at radius 2 is 1.94 bits per heavy atom. The summed E-state index contributed by atoms with van der Waals surface area (Å²) in [7, 11) is 0. The standard InChI is InChI=1S/C14H18O3/c15-12(9-14-16-5-6-17-14)8-11-7-10-3-1-2-4-13(10)11/h1-4,11-12,14-15H,5-9H2. The lowest BCUT2D eigenvalue weighted by Gasteiger charge is -2.32. The van der Waals surface area contributed by atoms with Gasteiger partial charge in [-0.2, -0.15) is 0 Å². The van der Waals surface area contributed by atoms with Gasteiger partial charge in [-0.15, -0.1) is 0 Å². The monoisotopic (exact) mass is 234 g/mol. The first kappa shape index (κ1) is 11.2. The van der Waals surface area contributed by atoms with E-state index in [2.05, 4.69) is 24.3 Å². The number of hydrogen-bond acceptors (Lipinski definition) is 3. The zero-order valence-corrected chi connectivity index (χ0v) is 9.84. The molecule has 0 saturated carbocycles. The zero-order valence-electron chi connectivity index (χ0n) is 9.84. The smallest absolute Gasteiger partial charge is 0.160 e. The summed E-state index contributed by atoms with van der Waals surface area (Å²) in [5.74, 6) is 0.516. The maximum absolute atomic E-state index is 10.0. The molecule has 0 bridgehead atoms. The summed E-state index contributed by atoms with van der Waals surface area (Å²) in [5, 5.41) is 10.0. The van der Waals surface area contributed by atoms with Crippen LogP contribution in [0.4, 0.5) is 0 Å². The van der Waals surface area contributed by atoms with E-state index in [1.807, 2.05) is 0 Å². The van der Waals surface area contributed by atoms with Gasteiger partial charge < -0.3 is 14.6 Å². The van der Waals surface area contributed by atoms with Gasteiger partial charge in [0.15, 0.2) is 6.29 Å². The molecule has 2 aliphatic rings. The molecule has 92 valence electrons. The van der Waals surface area contributed by atoms with Gasteiger partial charge in [-0.25, -0.2) is 0 Å². The van der Waals surface area contributed by atoms with Crippen LogP contribution in [0.3, 0.4) is 0 Å². The third-order valence-corrected chi connectivity index (χ3v) is 3.67. The summed E-state index contributed by atoms with van der Waals surface area (Å²) in [4.78, 5) is 0. The number of aliphatic hydroxyl groups is 1. The fourth-order valence-corrected chi connectivity index (χ4v) is 2.76. The van der Waals surface area contributed by atoms with E-state index in [-0.39, 0.29) is 12.4 Å². The lowest BCUT2D eigenvalue weighted by Crippen LogP contribution is -2.25. The first-order chi connectivity index (χ1) is 8.33. The number of rotatable bonds is 4. The Labute approximate surface area is 101 Å². The van der Waals surface area contributed by atoms with Gasteiger partial charge in [-0.1, -0.05) is 24.3 Å². The average molecular weight is 234 g/mol. The first-order valence-electron chi connectivity index (χ1n) is 6.32. The molecule has 0 aromatic heterocycles. The van der Waals surface area contributed by atoms with E-state index in [0.717, 1.165) is 12.8 Å². The Balaban J connectivity index is 1.51. The summed E-state index contributed by atoms with van der Waals surface area (Å²) in [6.07, 6.45) is 2.00. The average Bonchev–Trinajstić information content (AvgIpc) is 2.79. The molecule has 17 heavy (non-hydrogen) atoms. The highest BCUT2D eigenvalue weighted by Crippen LogP contribution is 2.38. The summed E-state index contributed by atoms with van der Waals surface area (Å²) in [5.41, 5.74) is 2.83. The molecule has 1 aliphatic carbocycles. The SMILES string of the molecule is OC(CC1OCCO1)CC1Cc2ccccc21. The Morgan fingerprint density at radius 3 is 2.71 bits per heavy atom. The van der Waals surface area contributed by atoms with Gasteiger partial charge in [0, 0.05) is 6.42 Å². The molecule has 0 spiro atoms. The third kappa shape index (κ3) is 2.37.